The maximum atomic E-state index is 9.87. The Hall–Kier alpha value is -1.81. The van der Waals surface area contributed by atoms with Gasteiger partial charge < -0.3 is 9.84 Å². The maximum absolute atomic E-state index is 9.87. The zero-order valence-corrected chi connectivity index (χ0v) is 13.0. The van der Waals surface area contributed by atoms with E-state index in [1.54, 1.807) is 18.3 Å². The van der Waals surface area contributed by atoms with Crippen molar-refractivity contribution in [3.63, 3.8) is 0 Å². The third-order valence-corrected chi connectivity index (χ3v) is 3.42. The zero-order valence-electron chi connectivity index (χ0n) is 11.4. The molecule has 0 aliphatic rings. The summed E-state index contributed by atoms with van der Waals surface area (Å²) in [4.78, 5) is 4.47. The summed E-state index contributed by atoms with van der Waals surface area (Å²) in [5, 5.41) is 9.87. The second-order valence-corrected chi connectivity index (χ2v) is 5.18. The highest BCUT2D eigenvalue weighted by Gasteiger charge is 2.08. The van der Waals surface area contributed by atoms with Gasteiger partial charge >= 0.3 is 0 Å². The predicted octanol–water partition coefficient (Wildman–Crippen LogP) is 4.61. The average molecular weight is 334 g/mol. The smallest absolute Gasteiger partial charge is 0.172 e. The van der Waals surface area contributed by atoms with Crippen LogP contribution >= 0.6 is 15.9 Å². The lowest BCUT2D eigenvalue weighted by Gasteiger charge is -2.08. The normalized spacial score (nSPS) is 10.9. The van der Waals surface area contributed by atoms with Gasteiger partial charge in [-0.25, -0.2) is 0 Å². The number of aryl methyl sites for hydroxylation is 1. The van der Waals surface area contributed by atoms with Gasteiger partial charge in [-0.05, 0) is 59.1 Å². The number of rotatable bonds is 4. The van der Waals surface area contributed by atoms with Gasteiger partial charge in [-0.3, -0.25) is 4.99 Å². The molecule has 0 saturated carbocycles. The monoisotopic (exact) mass is 333 g/mol. The molecule has 0 aliphatic heterocycles. The van der Waals surface area contributed by atoms with Crippen molar-refractivity contribution >= 4 is 27.8 Å². The van der Waals surface area contributed by atoms with Gasteiger partial charge in [0.05, 0.1) is 16.8 Å². The van der Waals surface area contributed by atoms with Crippen molar-refractivity contribution in [2.75, 3.05) is 6.61 Å². The number of benzene rings is 2. The highest BCUT2D eigenvalue weighted by Crippen LogP contribution is 2.35. The van der Waals surface area contributed by atoms with E-state index in [1.165, 1.54) is 0 Å². The lowest BCUT2D eigenvalue weighted by Crippen LogP contribution is -1.94. The van der Waals surface area contributed by atoms with Crippen LogP contribution in [-0.2, 0) is 0 Å². The van der Waals surface area contributed by atoms with Crippen LogP contribution in [0.1, 0.15) is 18.1 Å². The van der Waals surface area contributed by atoms with Gasteiger partial charge in [0.2, 0.25) is 0 Å². The molecule has 0 saturated heterocycles. The Bertz CT molecular complexity index is 638. The minimum absolute atomic E-state index is 0.111. The molecule has 20 heavy (non-hydrogen) atoms. The van der Waals surface area contributed by atoms with Gasteiger partial charge in [-0.1, -0.05) is 18.2 Å². The average Bonchev–Trinajstić information content (AvgIpc) is 2.43. The van der Waals surface area contributed by atoms with Crippen molar-refractivity contribution in [1.82, 2.24) is 0 Å². The molecule has 1 N–H and O–H groups in total. The number of ether oxygens (including phenoxy) is 1. The van der Waals surface area contributed by atoms with E-state index < -0.39 is 0 Å². The van der Waals surface area contributed by atoms with Crippen LogP contribution in [0.5, 0.6) is 11.5 Å². The number of hydrogen-bond acceptors (Lipinski definition) is 3. The van der Waals surface area contributed by atoms with E-state index >= 15 is 0 Å². The molecule has 0 bridgehead atoms. The molecule has 3 nitrogen and oxygen atoms in total. The van der Waals surface area contributed by atoms with Crippen molar-refractivity contribution in [2.45, 2.75) is 13.8 Å². The summed E-state index contributed by atoms with van der Waals surface area (Å²) >= 11 is 3.32. The molecule has 0 atom stereocenters. The number of nitrogens with zero attached hydrogens (tertiary/aromatic N) is 1. The molecule has 0 spiro atoms. The summed E-state index contributed by atoms with van der Waals surface area (Å²) in [5.41, 5.74) is 2.91. The van der Waals surface area contributed by atoms with Crippen LogP contribution in [0.2, 0.25) is 0 Å². The molecule has 0 unspecified atom stereocenters. The Morgan fingerprint density at radius 2 is 2.05 bits per heavy atom. The number of hydrogen-bond donors (Lipinski definition) is 1. The molecule has 104 valence electrons. The summed E-state index contributed by atoms with van der Waals surface area (Å²) in [7, 11) is 0. The van der Waals surface area contributed by atoms with Gasteiger partial charge in [0.1, 0.15) is 0 Å². The molecule has 0 radical (unpaired) electrons. The number of halogens is 1. The van der Waals surface area contributed by atoms with Crippen LogP contribution in [0, 0.1) is 6.92 Å². The van der Waals surface area contributed by atoms with Gasteiger partial charge in [0.15, 0.2) is 11.5 Å². The molecular weight excluding hydrogens is 318 g/mol. The molecule has 0 amide bonds. The highest BCUT2D eigenvalue weighted by atomic mass is 79.9. The molecule has 2 aromatic carbocycles. The minimum atomic E-state index is 0.111. The van der Waals surface area contributed by atoms with Crippen LogP contribution in [0.3, 0.4) is 0 Å². The molecule has 2 rings (SSSR count). The highest BCUT2D eigenvalue weighted by molar-refractivity contribution is 9.10. The van der Waals surface area contributed by atoms with Crippen LogP contribution in [0.15, 0.2) is 45.9 Å². The minimum Gasteiger partial charge on any atom is -0.503 e. The number of phenols is 1. The van der Waals surface area contributed by atoms with E-state index in [9.17, 15) is 5.11 Å². The van der Waals surface area contributed by atoms with Gasteiger partial charge in [0.25, 0.3) is 0 Å². The molecule has 0 fully saturated rings. The molecule has 0 heterocycles. The summed E-state index contributed by atoms with van der Waals surface area (Å²) in [5.74, 6) is 0.563. The van der Waals surface area contributed by atoms with Crippen molar-refractivity contribution < 1.29 is 9.84 Å². The number of aromatic hydroxyl groups is 1. The van der Waals surface area contributed by atoms with E-state index in [2.05, 4.69) is 20.9 Å². The lowest BCUT2D eigenvalue weighted by atomic mass is 10.2. The summed E-state index contributed by atoms with van der Waals surface area (Å²) in [6, 6.07) is 11.5. The van der Waals surface area contributed by atoms with Crippen molar-refractivity contribution in [3.05, 3.63) is 52.0 Å². The summed E-state index contributed by atoms with van der Waals surface area (Å²) in [6.45, 7) is 4.39. The Balaban J connectivity index is 2.32. The predicted molar refractivity (Wildman–Crippen MR) is 85.4 cm³/mol. The van der Waals surface area contributed by atoms with Crippen LogP contribution in [0.25, 0.3) is 0 Å². The van der Waals surface area contributed by atoms with Crippen LogP contribution < -0.4 is 4.74 Å². The largest absolute Gasteiger partial charge is 0.503 e. The fourth-order valence-corrected chi connectivity index (χ4v) is 2.25. The Kier molecular flexibility index (Phi) is 4.79. The molecule has 0 aromatic heterocycles. The number of phenolic OH excluding ortho intramolecular Hbond substituents is 1. The molecular formula is C16H16BrNO2. The van der Waals surface area contributed by atoms with Gasteiger partial charge in [-0.15, -0.1) is 0 Å². The number of aliphatic imine (C=N–C) groups is 1. The van der Waals surface area contributed by atoms with E-state index in [4.69, 9.17) is 4.74 Å². The van der Waals surface area contributed by atoms with Crippen molar-refractivity contribution in [3.8, 4) is 11.5 Å². The Morgan fingerprint density at radius 1 is 1.30 bits per heavy atom. The second kappa shape index (κ2) is 6.57. The molecule has 2 aromatic rings. The Labute approximate surface area is 127 Å². The topological polar surface area (TPSA) is 41.8 Å². The second-order valence-electron chi connectivity index (χ2n) is 4.33. The first-order chi connectivity index (χ1) is 9.61. The standard InChI is InChI=1S/C16H16BrNO2/c1-3-20-15-9-12(8-13(17)16(15)19)10-18-14-7-5-4-6-11(14)2/h4-10,19H,3H2,1-2H3. The lowest BCUT2D eigenvalue weighted by molar-refractivity contribution is 0.317. The fraction of sp³-hybridized carbons (Fsp3) is 0.188. The van der Waals surface area contributed by atoms with Crippen molar-refractivity contribution in [1.29, 1.82) is 0 Å². The van der Waals surface area contributed by atoms with E-state index in [0.717, 1.165) is 16.8 Å². The first-order valence-corrected chi connectivity index (χ1v) is 7.16. The summed E-state index contributed by atoms with van der Waals surface area (Å²) < 4.78 is 5.98. The van der Waals surface area contributed by atoms with E-state index in [-0.39, 0.29) is 5.75 Å². The van der Waals surface area contributed by atoms with E-state index in [1.807, 2.05) is 38.1 Å². The third kappa shape index (κ3) is 3.39. The zero-order chi connectivity index (χ0) is 14.5. The quantitative estimate of drug-likeness (QED) is 0.830. The molecule has 0 aliphatic carbocycles. The maximum Gasteiger partial charge on any atom is 0.172 e. The first-order valence-electron chi connectivity index (χ1n) is 6.37. The summed E-state index contributed by atoms with van der Waals surface area (Å²) in [6.07, 6.45) is 1.76. The van der Waals surface area contributed by atoms with Crippen LogP contribution in [0.4, 0.5) is 5.69 Å². The van der Waals surface area contributed by atoms with Gasteiger partial charge in [-0.2, -0.15) is 0 Å². The first kappa shape index (κ1) is 14.6. The van der Waals surface area contributed by atoms with E-state index in [0.29, 0.717) is 16.8 Å². The number of para-hydroxylation sites is 1. The van der Waals surface area contributed by atoms with Crippen LogP contribution in [-0.4, -0.2) is 17.9 Å². The fourth-order valence-electron chi connectivity index (χ4n) is 1.79. The third-order valence-electron chi connectivity index (χ3n) is 2.82. The Morgan fingerprint density at radius 3 is 2.75 bits per heavy atom. The van der Waals surface area contributed by atoms with Crippen molar-refractivity contribution in [2.24, 2.45) is 4.99 Å². The SMILES string of the molecule is CCOc1cc(C=Nc2ccccc2C)cc(Br)c1O. The van der Waals surface area contributed by atoms with Gasteiger partial charge in [0, 0.05) is 6.21 Å². The molecule has 4 heteroatoms.